The second-order valence-electron chi connectivity index (χ2n) is 5.44. The van der Waals surface area contributed by atoms with Crippen molar-refractivity contribution in [2.75, 3.05) is 6.54 Å². The summed E-state index contributed by atoms with van der Waals surface area (Å²) in [5, 5.41) is 13.8. The van der Waals surface area contributed by atoms with E-state index in [0.29, 0.717) is 30.8 Å². The van der Waals surface area contributed by atoms with E-state index >= 15 is 0 Å². The maximum absolute atomic E-state index is 13.4. The molecule has 1 aromatic heterocycles. The van der Waals surface area contributed by atoms with E-state index in [9.17, 15) is 13.9 Å². The van der Waals surface area contributed by atoms with Crippen LogP contribution < -0.4 is 0 Å². The molecule has 2 aromatic rings. The van der Waals surface area contributed by atoms with Gasteiger partial charge >= 0.3 is 0 Å². The van der Waals surface area contributed by atoms with Crippen LogP contribution in [0.15, 0.2) is 28.8 Å². The first-order chi connectivity index (χ1) is 10.0. The van der Waals surface area contributed by atoms with Gasteiger partial charge in [-0.3, -0.25) is 4.90 Å². The molecule has 1 aliphatic rings. The smallest absolute Gasteiger partial charge is 0.159 e. The van der Waals surface area contributed by atoms with Crippen LogP contribution >= 0.6 is 0 Å². The van der Waals surface area contributed by atoms with Gasteiger partial charge in [-0.2, -0.15) is 0 Å². The fourth-order valence-electron chi connectivity index (χ4n) is 2.82. The standard InChI is InChI=1S/C15H16F2N2O2/c1-9-4-11(18-21-9)7-19-8-12(20)6-15(19)10-2-3-13(16)14(17)5-10/h2-5,12,15,20H,6-8H2,1H3/t12-,15+/m1/s1. The number of halogens is 2. The summed E-state index contributed by atoms with van der Waals surface area (Å²) in [5.74, 6) is -1.02. The summed E-state index contributed by atoms with van der Waals surface area (Å²) in [7, 11) is 0. The molecule has 1 aliphatic heterocycles. The van der Waals surface area contributed by atoms with Crippen LogP contribution in [0.25, 0.3) is 0 Å². The van der Waals surface area contributed by atoms with Crippen molar-refractivity contribution in [3.05, 3.63) is 52.9 Å². The lowest BCUT2D eigenvalue weighted by atomic mass is 10.0. The minimum Gasteiger partial charge on any atom is -0.392 e. The highest BCUT2D eigenvalue weighted by atomic mass is 19.2. The average molecular weight is 294 g/mol. The number of aliphatic hydroxyl groups excluding tert-OH is 1. The van der Waals surface area contributed by atoms with Gasteiger partial charge in [0.2, 0.25) is 0 Å². The molecule has 6 heteroatoms. The van der Waals surface area contributed by atoms with Crippen LogP contribution in [-0.4, -0.2) is 27.8 Å². The molecule has 0 amide bonds. The summed E-state index contributed by atoms with van der Waals surface area (Å²) in [5.41, 5.74) is 1.42. The van der Waals surface area contributed by atoms with Gasteiger partial charge < -0.3 is 9.63 Å². The lowest BCUT2D eigenvalue weighted by Gasteiger charge is -2.23. The molecule has 0 bridgehead atoms. The van der Waals surface area contributed by atoms with E-state index in [-0.39, 0.29) is 6.04 Å². The van der Waals surface area contributed by atoms with Gasteiger partial charge in [-0.05, 0) is 31.0 Å². The average Bonchev–Trinajstić information content (AvgIpc) is 3.00. The summed E-state index contributed by atoms with van der Waals surface area (Å²) in [6, 6.07) is 5.54. The molecule has 0 saturated carbocycles. The minimum atomic E-state index is -0.869. The number of benzene rings is 1. The first-order valence-corrected chi connectivity index (χ1v) is 6.82. The third-order valence-corrected chi connectivity index (χ3v) is 3.75. The first kappa shape index (κ1) is 14.2. The van der Waals surface area contributed by atoms with Crippen LogP contribution in [0.4, 0.5) is 8.78 Å². The SMILES string of the molecule is Cc1cc(CN2C[C@H](O)C[C@H]2c2ccc(F)c(F)c2)no1. The molecule has 0 radical (unpaired) electrons. The van der Waals surface area contributed by atoms with Crippen LogP contribution in [0.5, 0.6) is 0 Å². The Morgan fingerprint density at radius 3 is 2.81 bits per heavy atom. The van der Waals surface area contributed by atoms with Crippen LogP contribution in [-0.2, 0) is 6.54 Å². The normalized spacial score (nSPS) is 22.9. The number of nitrogens with zero attached hydrogens (tertiary/aromatic N) is 2. The fourth-order valence-corrected chi connectivity index (χ4v) is 2.82. The maximum Gasteiger partial charge on any atom is 0.159 e. The molecule has 21 heavy (non-hydrogen) atoms. The monoisotopic (exact) mass is 294 g/mol. The van der Waals surface area contributed by atoms with Crippen molar-refractivity contribution in [2.45, 2.75) is 32.0 Å². The molecular formula is C15H16F2N2O2. The van der Waals surface area contributed by atoms with Crippen LogP contribution in [0, 0.1) is 18.6 Å². The summed E-state index contributed by atoms with van der Waals surface area (Å²) < 4.78 is 31.5. The predicted octanol–water partition coefficient (Wildman–Crippen LogP) is 2.57. The largest absolute Gasteiger partial charge is 0.392 e. The van der Waals surface area contributed by atoms with E-state index in [2.05, 4.69) is 5.16 Å². The lowest BCUT2D eigenvalue weighted by molar-refractivity contribution is 0.171. The molecule has 2 heterocycles. The summed E-state index contributed by atoms with van der Waals surface area (Å²) in [6.45, 7) is 2.77. The van der Waals surface area contributed by atoms with E-state index in [1.54, 1.807) is 6.07 Å². The van der Waals surface area contributed by atoms with Crippen molar-refractivity contribution < 1.29 is 18.4 Å². The summed E-state index contributed by atoms with van der Waals surface area (Å²) >= 11 is 0. The maximum atomic E-state index is 13.4. The lowest BCUT2D eigenvalue weighted by Crippen LogP contribution is -2.24. The molecule has 1 N–H and O–H groups in total. The molecule has 1 aromatic carbocycles. The Morgan fingerprint density at radius 1 is 1.33 bits per heavy atom. The molecule has 0 spiro atoms. The molecule has 0 aliphatic carbocycles. The van der Waals surface area contributed by atoms with Gasteiger partial charge in [-0.25, -0.2) is 8.78 Å². The fraction of sp³-hybridized carbons (Fsp3) is 0.400. The van der Waals surface area contributed by atoms with Gasteiger partial charge in [0.25, 0.3) is 0 Å². The van der Waals surface area contributed by atoms with Crippen molar-refractivity contribution in [3.8, 4) is 0 Å². The quantitative estimate of drug-likeness (QED) is 0.945. The number of hydrogen-bond donors (Lipinski definition) is 1. The number of aromatic nitrogens is 1. The molecule has 2 atom stereocenters. The van der Waals surface area contributed by atoms with E-state index in [1.165, 1.54) is 6.07 Å². The van der Waals surface area contributed by atoms with Crippen molar-refractivity contribution in [1.29, 1.82) is 0 Å². The van der Waals surface area contributed by atoms with Gasteiger partial charge in [0.1, 0.15) is 5.76 Å². The van der Waals surface area contributed by atoms with Crippen molar-refractivity contribution in [1.82, 2.24) is 10.1 Å². The molecule has 112 valence electrons. The highest BCUT2D eigenvalue weighted by Gasteiger charge is 2.32. The number of aliphatic hydroxyl groups is 1. The number of hydrogen-bond acceptors (Lipinski definition) is 4. The van der Waals surface area contributed by atoms with Gasteiger partial charge in [-0.1, -0.05) is 11.2 Å². The molecule has 3 rings (SSSR count). The number of rotatable bonds is 3. The van der Waals surface area contributed by atoms with E-state index in [4.69, 9.17) is 4.52 Å². The van der Waals surface area contributed by atoms with Gasteiger partial charge in [0.05, 0.1) is 11.8 Å². The summed E-state index contributed by atoms with van der Waals surface area (Å²) in [4.78, 5) is 1.99. The molecule has 0 unspecified atom stereocenters. The highest BCUT2D eigenvalue weighted by molar-refractivity contribution is 5.23. The Balaban J connectivity index is 1.83. The molecule has 1 saturated heterocycles. The van der Waals surface area contributed by atoms with E-state index in [0.717, 1.165) is 11.8 Å². The Morgan fingerprint density at radius 2 is 2.14 bits per heavy atom. The third kappa shape index (κ3) is 2.96. The van der Waals surface area contributed by atoms with Gasteiger partial charge in [-0.15, -0.1) is 0 Å². The number of likely N-dealkylation sites (tertiary alicyclic amines) is 1. The molecular weight excluding hydrogens is 278 g/mol. The zero-order chi connectivity index (χ0) is 15.0. The Labute approximate surface area is 121 Å². The van der Waals surface area contributed by atoms with Crippen LogP contribution in [0.2, 0.25) is 0 Å². The predicted molar refractivity (Wildman–Crippen MR) is 71.4 cm³/mol. The third-order valence-electron chi connectivity index (χ3n) is 3.75. The highest BCUT2D eigenvalue weighted by Crippen LogP contribution is 2.33. The van der Waals surface area contributed by atoms with Crippen molar-refractivity contribution >= 4 is 0 Å². The van der Waals surface area contributed by atoms with Gasteiger partial charge in [0, 0.05) is 25.2 Å². The minimum absolute atomic E-state index is 0.160. The van der Waals surface area contributed by atoms with Gasteiger partial charge in [0.15, 0.2) is 11.6 Å². The second-order valence-corrected chi connectivity index (χ2v) is 5.44. The molecule has 1 fully saturated rings. The van der Waals surface area contributed by atoms with Crippen molar-refractivity contribution in [2.24, 2.45) is 0 Å². The van der Waals surface area contributed by atoms with Crippen molar-refractivity contribution in [3.63, 3.8) is 0 Å². The Hall–Kier alpha value is -1.79. The Kier molecular flexibility index (Phi) is 3.73. The molecule has 4 nitrogen and oxygen atoms in total. The van der Waals surface area contributed by atoms with E-state index < -0.39 is 17.7 Å². The van der Waals surface area contributed by atoms with Crippen LogP contribution in [0.3, 0.4) is 0 Å². The zero-order valence-corrected chi connectivity index (χ0v) is 11.6. The Bertz CT molecular complexity index is 644. The van der Waals surface area contributed by atoms with E-state index in [1.807, 2.05) is 17.9 Å². The first-order valence-electron chi connectivity index (χ1n) is 6.82. The second kappa shape index (κ2) is 5.54. The van der Waals surface area contributed by atoms with Crippen LogP contribution in [0.1, 0.15) is 29.5 Å². The zero-order valence-electron chi connectivity index (χ0n) is 11.6. The number of aryl methyl sites for hydroxylation is 1. The number of β-amino-alcohol motifs (C(OH)–C–C–N with tert-alkyl or cyclic N) is 1. The summed E-state index contributed by atoms with van der Waals surface area (Å²) in [6.07, 6.45) is -0.00171. The topological polar surface area (TPSA) is 49.5 Å².